The fraction of sp³-hybridized carbons (Fsp3) is 0.357. The lowest BCUT2D eigenvalue weighted by atomic mass is 10.00. The Kier molecular flexibility index (Phi) is 3.55. The minimum atomic E-state index is -0.323. The second-order valence-electron chi connectivity index (χ2n) is 4.88. The molecule has 0 atom stereocenters. The van der Waals surface area contributed by atoms with E-state index in [1.807, 2.05) is 6.92 Å². The first-order valence-electron chi connectivity index (χ1n) is 6.81. The van der Waals surface area contributed by atoms with Crippen molar-refractivity contribution in [2.24, 2.45) is 0 Å². The number of carbonyl (C=O) groups excluding carboxylic acids is 1. The summed E-state index contributed by atoms with van der Waals surface area (Å²) in [4.78, 5) is 17.8. The highest BCUT2D eigenvalue weighted by atomic mass is 19.1. The predicted octanol–water partition coefficient (Wildman–Crippen LogP) is 2.36. The van der Waals surface area contributed by atoms with Gasteiger partial charge in [0.25, 0.3) is 0 Å². The molecule has 2 heterocycles. The number of anilines is 1. The van der Waals surface area contributed by atoms with Crippen molar-refractivity contribution in [3.63, 3.8) is 0 Å². The first kappa shape index (κ1) is 13.5. The van der Waals surface area contributed by atoms with Gasteiger partial charge in [-0.3, -0.25) is 5.32 Å². The molecule has 2 aromatic rings. The molecule has 7 heteroatoms. The summed E-state index contributed by atoms with van der Waals surface area (Å²) in [7, 11) is 0. The highest BCUT2D eigenvalue weighted by molar-refractivity contribution is 5.87. The number of aryl methyl sites for hydroxylation is 1. The average Bonchev–Trinajstić information content (AvgIpc) is 2.94. The van der Waals surface area contributed by atoms with E-state index in [-0.39, 0.29) is 17.9 Å². The fourth-order valence-corrected chi connectivity index (χ4v) is 2.32. The van der Waals surface area contributed by atoms with Gasteiger partial charge >= 0.3 is 12.0 Å². The monoisotopic (exact) mass is 290 g/mol. The van der Waals surface area contributed by atoms with Crippen molar-refractivity contribution in [2.75, 3.05) is 11.9 Å². The van der Waals surface area contributed by atoms with E-state index in [0.717, 1.165) is 11.1 Å². The number of carbonyl (C=O) groups is 1. The van der Waals surface area contributed by atoms with E-state index >= 15 is 0 Å². The maximum absolute atomic E-state index is 13.3. The third kappa shape index (κ3) is 2.86. The van der Waals surface area contributed by atoms with Gasteiger partial charge in [0.2, 0.25) is 0 Å². The van der Waals surface area contributed by atoms with E-state index in [9.17, 15) is 9.18 Å². The zero-order chi connectivity index (χ0) is 14.8. The number of nitrogens with zero attached hydrogens (tertiary/aromatic N) is 3. The molecule has 1 aromatic heterocycles. The molecule has 6 nitrogen and oxygen atoms in total. The smallest absolute Gasteiger partial charge is 0.320 e. The molecule has 21 heavy (non-hydrogen) atoms. The Hall–Kier alpha value is -2.44. The molecule has 110 valence electrons. The van der Waals surface area contributed by atoms with Crippen LogP contribution in [0, 0.1) is 5.82 Å². The molecule has 1 aliphatic rings. The van der Waals surface area contributed by atoms with Crippen LogP contribution in [0.2, 0.25) is 0 Å². The Balaban J connectivity index is 1.69. The lowest BCUT2D eigenvalue weighted by molar-refractivity contribution is 0.205. The number of fused-ring (bicyclic) bond motifs is 1. The first-order chi connectivity index (χ1) is 10.2. The summed E-state index contributed by atoms with van der Waals surface area (Å²) < 4.78 is 18.2. The van der Waals surface area contributed by atoms with Gasteiger partial charge in [0.05, 0.1) is 0 Å². The minimum Gasteiger partial charge on any atom is -0.320 e. The number of hydrogen-bond donors (Lipinski definition) is 1. The number of benzene rings is 1. The van der Waals surface area contributed by atoms with Crippen LogP contribution in [0.5, 0.6) is 0 Å². The van der Waals surface area contributed by atoms with Crippen LogP contribution in [0.15, 0.2) is 22.7 Å². The summed E-state index contributed by atoms with van der Waals surface area (Å²) in [6.45, 7) is 2.83. The molecule has 0 spiro atoms. The van der Waals surface area contributed by atoms with Crippen molar-refractivity contribution >= 4 is 12.0 Å². The molecular weight excluding hydrogens is 275 g/mol. The van der Waals surface area contributed by atoms with Crippen LogP contribution in [0.25, 0.3) is 0 Å². The topological polar surface area (TPSA) is 71.3 Å². The molecule has 2 amide bonds. The third-order valence-electron chi connectivity index (χ3n) is 3.47. The van der Waals surface area contributed by atoms with Crippen molar-refractivity contribution in [2.45, 2.75) is 26.3 Å². The highest BCUT2D eigenvalue weighted by Gasteiger charge is 2.22. The van der Waals surface area contributed by atoms with Gasteiger partial charge in [-0.05, 0) is 29.7 Å². The van der Waals surface area contributed by atoms with Gasteiger partial charge < -0.3 is 9.42 Å². The molecule has 0 aliphatic carbocycles. The zero-order valence-corrected chi connectivity index (χ0v) is 11.6. The SMILES string of the molecule is CCc1noc(NC(=O)N2CCc3ccc(F)cc3C2)n1. The predicted molar refractivity (Wildman–Crippen MR) is 73.2 cm³/mol. The van der Waals surface area contributed by atoms with E-state index in [1.165, 1.54) is 12.1 Å². The summed E-state index contributed by atoms with van der Waals surface area (Å²) >= 11 is 0. The normalized spacial score (nSPS) is 13.9. The fourth-order valence-electron chi connectivity index (χ4n) is 2.32. The molecule has 0 saturated carbocycles. The number of aromatic nitrogens is 2. The van der Waals surface area contributed by atoms with Gasteiger partial charge in [-0.15, -0.1) is 0 Å². The van der Waals surface area contributed by atoms with E-state index < -0.39 is 0 Å². The molecule has 1 aromatic carbocycles. The second-order valence-corrected chi connectivity index (χ2v) is 4.88. The summed E-state index contributed by atoms with van der Waals surface area (Å²) in [5.41, 5.74) is 1.91. The van der Waals surface area contributed by atoms with Gasteiger partial charge in [-0.25, -0.2) is 9.18 Å². The molecule has 1 N–H and O–H groups in total. The van der Waals surface area contributed by atoms with Gasteiger partial charge in [0, 0.05) is 19.5 Å². The van der Waals surface area contributed by atoms with Crippen molar-refractivity contribution in [1.29, 1.82) is 0 Å². The Morgan fingerprint density at radius 3 is 3.10 bits per heavy atom. The molecule has 0 fully saturated rings. The van der Waals surface area contributed by atoms with E-state index in [1.54, 1.807) is 11.0 Å². The van der Waals surface area contributed by atoms with E-state index in [2.05, 4.69) is 15.5 Å². The van der Waals surface area contributed by atoms with Crippen LogP contribution in [0.4, 0.5) is 15.2 Å². The van der Waals surface area contributed by atoms with Gasteiger partial charge in [-0.2, -0.15) is 4.98 Å². The lowest BCUT2D eigenvalue weighted by Crippen LogP contribution is -2.39. The van der Waals surface area contributed by atoms with Crippen molar-refractivity contribution < 1.29 is 13.7 Å². The number of hydrogen-bond acceptors (Lipinski definition) is 4. The maximum Gasteiger partial charge on any atom is 0.329 e. The van der Waals surface area contributed by atoms with Crippen molar-refractivity contribution in [3.05, 3.63) is 41.0 Å². The molecule has 3 rings (SSSR count). The van der Waals surface area contributed by atoms with Crippen molar-refractivity contribution in [1.82, 2.24) is 15.0 Å². The third-order valence-corrected chi connectivity index (χ3v) is 3.47. The molecule has 0 unspecified atom stereocenters. The molecular formula is C14H15FN4O2. The van der Waals surface area contributed by atoms with Crippen LogP contribution in [0.3, 0.4) is 0 Å². The lowest BCUT2D eigenvalue weighted by Gasteiger charge is -2.28. The second kappa shape index (κ2) is 5.51. The Morgan fingerprint density at radius 2 is 2.33 bits per heavy atom. The summed E-state index contributed by atoms with van der Waals surface area (Å²) in [5, 5.41) is 6.28. The summed E-state index contributed by atoms with van der Waals surface area (Å²) in [6, 6.07) is 4.44. The van der Waals surface area contributed by atoms with Crippen LogP contribution in [0.1, 0.15) is 23.9 Å². The van der Waals surface area contributed by atoms with Gasteiger partial charge in [0.15, 0.2) is 5.82 Å². The summed E-state index contributed by atoms with van der Waals surface area (Å²) in [5.74, 6) is 0.247. The number of halogens is 1. The standard InChI is InChI=1S/C14H15FN4O2/c1-2-12-16-13(21-18-12)17-14(20)19-6-5-9-3-4-11(15)7-10(9)8-19/h3-4,7H,2,5-6,8H2,1H3,(H,16,17,18,20). The molecule has 1 aliphatic heterocycles. The molecule has 0 saturated heterocycles. The van der Waals surface area contributed by atoms with Crippen LogP contribution < -0.4 is 5.32 Å². The quantitative estimate of drug-likeness (QED) is 0.921. The molecule has 0 radical (unpaired) electrons. The minimum absolute atomic E-state index is 0.0851. The Labute approximate surface area is 120 Å². The van der Waals surface area contributed by atoms with E-state index in [0.29, 0.717) is 31.8 Å². The Bertz CT molecular complexity index is 671. The average molecular weight is 290 g/mol. The number of urea groups is 1. The highest BCUT2D eigenvalue weighted by Crippen LogP contribution is 2.20. The maximum atomic E-state index is 13.3. The Morgan fingerprint density at radius 1 is 1.48 bits per heavy atom. The van der Waals surface area contributed by atoms with Crippen LogP contribution in [-0.2, 0) is 19.4 Å². The van der Waals surface area contributed by atoms with E-state index in [4.69, 9.17) is 4.52 Å². The number of rotatable bonds is 2. The molecule has 0 bridgehead atoms. The number of amides is 2. The van der Waals surface area contributed by atoms with Crippen molar-refractivity contribution in [3.8, 4) is 0 Å². The van der Waals surface area contributed by atoms with Crippen LogP contribution >= 0.6 is 0 Å². The summed E-state index contributed by atoms with van der Waals surface area (Å²) in [6.07, 6.45) is 1.34. The van der Waals surface area contributed by atoms with Gasteiger partial charge in [0.1, 0.15) is 5.82 Å². The van der Waals surface area contributed by atoms with Crippen LogP contribution in [-0.4, -0.2) is 27.6 Å². The largest absolute Gasteiger partial charge is 0.329 e. The van der Waals surface area contributed by atoms with Gasteiger partial charge in [-0.1, -0.05) is 18.1 Å². The zero-order valence-electron chi connectivity index (χ0n) is 11.6. The first-order valence-corrected chi connectivity index (χ1v) is 6.81. The number of nitrogens with one attached hydrogen (secondary N) is 1.